The van der Waals surface area contributed by atoms with E-state index >= 15 is 0 Å². The van der Waals surface area contributed by atoms with Crippen molar-refractivity contribution < 1.29 is 39.8 Å². The first kappa shape index (κ1) is 48.1. The highest BCUT2D eigenvalue weighted by Gasteiger charge is 2.27. The lowest BCUT2D eigenvalue weighted by atomic mass is 10.0. The Balaban J connectivity index is 0.000000206. The summed E-state index contributed by atoms with van der Waals surface area (Å²) in [7, 11) is -7.08. The van der Waals surface area contributed by atoms with Crippen LogP contribution in [0.3, 0.4) is 0 Å². The number of likely N-dealkylation sites (N-methyl/N-ethyl adjacent to an activating group) is 1. The van der Waals surface area contributed by atoms with Gasteiger partial charge in [0.05, 0.1) is 43.4 Å². The standard InChI is InChI=1S/C28H30N2O7S5.C23H23N2/c1-3-19(16-26-29(11-4-14-41(31,32)33)22-18-20(37-2)6-7-24(22)39-26)17-27-30(12-5-15-42(34,35)36)28-21-10-13-38-23(21)8-9-25(28)40-27;1-3-24-20(15-13-18-9-5-7-11-22(18)24)17-21-16-14-19-10-6-8-12-23(19)25(21)4-2/h6-10,13,16-18H,3-5,11-12,14-15H2,1-2H3,(H-,31,32,33,34,35,36);5-17H,3-4H2,1-2H3/q;+1/p-1. The predicted octanol–water partition coefficient (Wildman–Crippen LogP) is 10.6. The number of rotatable bonds is 15. The molecule has 0 saturated carbocycles. The molecule has 2 aliphatic rings. The molecule has 0 amide bonds. The van der Waals surface area contributed by atoms with Crippen molar-refractivity contribution >= 4 is 115 Å². The van der Waals surface area contributed by atoms with Crippen LogP contribution in [0.15, 0.2) is 136 Å². The molecule has 7 aromatic rings. The van der Waals surface area contributed by atoms with E-state index in [0.717, 1.165) is 59.6 Å². The van der Waals surface area contributed by atoms with Gasteiger partial charge in [0, 0.05) is 87.7 Å². The molecule has 0 N–H and O–H groups in total. The number of thiazole rings is 1. The topological polar surface area (TPSA) is 138 Å². The van der Waals surface area contributed by atoms with Gasteiger partial charge in [0.1, 0.15) is 17.0 Å². The summed E-state index contributed by atoms with van der Waals surface area (Å²) >= 11 is 4.81. The second-order valence-electron chi connectivity index (χ2n) is 16.0. The van der Waals surface area contributed by atoms with Crippen molar-refractivity contribution in [3.8, 4) is 5.75 Å². The van der Waals surface area contributed by atoms with E-state index in [1.54, 1.807) is 41.5 Å². The maximum Gasteiger partial charge on any atom is 0.263 e. The number of nitrogens with zero attached hydrogens (tertiary/aromatic N) is 4. The number of allylic oxidation sites excluding steroid dienone is 3. The maximum atomic E-state index is 11.3. The average Bonchev–Trinajstić information content (AvgIpc) is 4.03. The number of para-hydroxylation sites is 2. The third-order valence-electron chi connectivity index (χ3n) is 11.7. The number of thioether (sulfide) groups is 1. The van der Waals surface area contributed by atoms with Crippen LogP contribution in [0.5, 0.6) is 5.75 Å². The monoisotopic (exact) mass is 992 g/mol. The van der Waals surface area contributed by atoms with Crippen LogP contribution in [0, 0.1) is 0 Å². The molecule has 11 nitrogen and oxygen atoms in total. The minimum atomic E-state index is -4.33. The third kappa shape index (κ3) is 11.2. The Morgan fingerprint density at radius 3 is 2.31 bits per heavy atom. The minimum Gasteiger partial charge on any atom is -0.748 e. The van der Waals surface area contributed by atoms with Crippen LogP contribution < -0.4 is 23.7 Å². The fraction of sp³-hybridized carbons (Fsp3) is 0.255. The number of aryl methyl sites for hydroxylation is 2. The summed E-state index contributed by atoms with van der Waals surface area (Å²) in [6.07, 6.45) is 12.0. The highest BCUT2D eigenvalue weighted by atomic mass is 32.2. The smallest absolute Gasteiger partial charge is 0.263 e. The molecule has 0 radical (unpaired) electrons. The summed E-state index contributed by atoms with van der Waals surface area (Å²) in [5.41, 5.74) is 9.23. The van der Waals surface area contributed by atoms with E-state index in [0.29, 0.717) is 25.3 Å². The van der Waals surface area contributed by atoms with Crippen molar-refractivity contribution in [2.75, 3.05) is 41.5 Å². The van der Waals surface area contributed by atoms with Gasteiger partial charge in [-0.25, -0.2) is 16.8 Å². The highest BCUT2D eigenvalue weighted by molar-refractivity contribution is 8.03. The molecule has 2 aliphatic heterocycles. The Morgan fingerprint density at radius 2 is 1.55 bits per heavy atom. The molecule has 9 rings (SSSR count). The zero-order valence-electron chi connectivity index (χ0n) is 37.8. The zero-order valence-corrected chi connectivity index (χ0v) is 41.8. The van der Waals surface area contributed by atoms with E-state index < -0.39 is 31.7 Å². The normalized spacial score (nSPS) is 15.2. The average molecular weight is 993 g/mol. The lowest BCUT2D eigenvalue weighted by molar-refractivity contribution is -0.669. The van der Waals surface area contributed by atoms with Crippen LogP contribution in [0.1, 0.15) is 56.3 Å². The van der Waals surface area contributed by atoms with Crippen LogP contribution in [0.2, 0.25) is 0 Å². The lowest BCUT2D eigenvalue weighted by Gasteiger charge is -2.29. The van der Waals surface area contributed by atoms with Gasteiger partial charge in [-0.15, -0.1) is 11.3 Å². The maximum absolute atomic E-state index is 11.3. The van der Waals surface area contributed by atoms with Gasteiger partial charge in [-0.3, -0.25) is 0 Å². The van der Waals surface area contributed by atoms with Crippen molar-refractivity contribution in [1.82, 2.24) is 0 Å². The van der Waals surface area contributed by atoms with Crippen molar-refractivity contribution in [2.45, 2.75) is 58.0 Å². The molecule has 0 atom stereocenters. The van der Waals surface area contributed by atoms with Crippen LogP contribution in [0.25, 0.3) is 49.4 Å². The minimum absolute atomic E-state index is 0.182. The first-order chi connectivity index (χ1) is 32.3. The quantitative estimate of drug-likeness (QED) is 0.0721. The Morgan fingerprint density at radius 1 is 0.791 bits per heavy atom. The summed E-state index contributed by atoms with van der Waals surface area (Å²) in [5, 5.41) is 6.24. The molecule has 0 bridgehead atoms. The number of thiophene rings is 1. The molecule has 3 aromatic heterocycles. The van der Waals surface area contributed by atoms with Crippen LogP contribution >= 0.6 is 34.4 Å². The van der Waals surface area contributed by atoms with Crippen molar-refractivity contribution in [2.24, 2.45) is 0 Å². The van der Waals surface area contributed by atoms with E-state index in [9.17, 15) is 25.9 Å². The van der Waals surface area contributed by atoms with Gasteiger partial charge in [-0.2, -0.15) is 9.13 Å². The molecule has 0 aliphatic carbocycles. The largest absolute Gasteiger partial charge is 0.748 e. The second kappa shape index (κ2) is 20.9. The summed E-state index contributed by atoms with van der Waals surface area (Å²) in [5.74, 6) is -0.207. The fourth-order valence-electron chi connectivity index (χ4n) is 8.55. The summed E-state index contributed by atoms with van der Waals surface area (Å²) < 4.78 is 80.0. The number of pyridine rings is 1. The van der Waals surface area contributed by atoms with Crippen LogP contribution in [-0.2, 0) is 33.3 Å². The van der Waals surface area contributed by atoms with E-state index in [-0.39, 0.29) is 12.8 Å². The predicted molar refractivity (Wildman–Crippen MR) is 275 cm³/mol. The molecule has 67 heavy (non-hydrogen) atoms. The molecule has 0 unspecified atom stereocenters. The Kier molecular flexibility index (Phi) is 15.0. The van der Waals surface area contributed by atoms with E-state index in [1.165, 1.54) is 33.5 Å². The summed E-state index contributed by atoms with van der Waals surface area (Å²) in [6, 6.07) is 33.6. The van der Waals surface area contributed by atoms with Gasteiger partial charge in [-0.05, 0) is 104 Å². The van der Waals surface area contributed by atoms with E-state index in [4.69, 9.17) is 4.74 Å². The molecule has 348 valence electrons. The van der Waals surface area contributed by atoms with Crippen molar-refractivity contribution in [3.63, 3.8) is 0 Å². The third-order valence-corrected chi connectivity index (χ3v) is 16.4. The fourth-order valence-corrected chi connectivity index (χ4v) is 12.6. The number of methoxy groups -OCH3 is 1. The molecule has 16 heteroatoms. The number of hydrogen-bond donors (Lipinski definition) is 0. The second-order valence-corrected chi connectivity index (χ2v) is 22.1. The van der Waals surface area contributed by atoms with E-state index in [2.05, 4.69) is 137 Å². The number of ether oxygens (including phenoxy) is 1. The number of fused-ring (bicyclic) bond motifs is 6. The highest BCUT2D eigenvalue weighted by Crippen LogP contribution is 2.48. The van der Waals surface area contributed by atoms with E-state index in [1.807, 2.05) is 35.4 Å². The van der Waals surface area contributed by atoms with Crippen molar-refractivity contribution in [1.29, 1.82) is 0 Å². The Hall–Kier alpha value is -5.33. The lowest BCUT2D eigenvalue weighted by Crippen LogP contribution is -2.37. The van der Waals surface area contributed by atoms with Gasteiger partial charge in [0.15, 0.2) is 6.54 Å². The number of hydrogen-bond acceptors (Lipinski definition) is 12. The number of aromatic nitrogens is 2. The van der Waals surface area contributed by atoms with Gasteiger partial charge < -0.3 is 23.6 Å². The van der Waals surface area contributed by atoms with Gasteiger partial charge >= 0.3 is 0 Å². The molecule has 5 heterocycles. The van der Waals surface area contributed by atoms with Crippen LogP contribution in [-0.4, -0.2) is 57.6 Å². The zero-order chi connectivity index (χ0) is 47.3. The van der Waals surface area contributed by atoms with Gasteiger partial charge in [0.2, 0.25) is 16.7 Å². The molecule has 0 spiro atoms. The first-order valence-corrected chi connectivity index (χ1v) is 27.9. The summed E-state index contributed by atoms with van der Waals surface area (Å²) in [4.78, 5) is 5.40. The number of anilines is 2. The molecule has 4 aromatic carbocycles. The number of benzene rings is 4. The van der Waals surface area contributed by atoms with Crippen LogP contribution in [0.4, 0.5) is 11.4 Å². The molecule has 0 saturated heterocycles. The van der Waals surface area contributed by atoms with Gasteiger partial charge in [0.25, 0.3) is 5.01 Å². The molecular weight excluding hydrogens is 941 g/mol. The Bertz CT molecular complexity index is 3320. The first-order valence-electron chi connectivity index (χ1n) is 22.2. The molecule has 0 fully saturated rings. The molecular formula is C51H52N4O7S5. The summed E-state index contributed by atoms with van der Waals surface area (Å²) in [6.45, 7) is 9.09. The van der Waals surface area contributed by atoms with Crippen molar-refractivity contribution in [3.05, 3.63) is 147 Å². The van der Waals surface area contributed by atoms with Gasteiger partial charge in [-0.1, -0.05) is 66.4 Å². The Labute approximate surface area is 405 Å². The SMILES string of the molecule is CCC(/C=C1\Sc2ccc(OC)cc2N1CCCS(=O)(=O)[O-])=C\c1sc2ccc3sccc3c2[n+]1CCCS(=O)(=O)[O-].CCN1/C(=C/c2ccc3ccccc3[n+]2CC)C=Cc2ccccc21.